The second-order valence-electron chi connectivity index (χ2n) is 8.20. The number of rotatable bonds is 9. The number of carbonyl (C=O) groups is 1. The van der Waals surface area contributed by atoms with Crippen molar-refractivity contribution in [1.82, 2.24) is 0 Å². The molecule has 0 atom stereocenters. The van der Waals surface area contributed by atoms with E-state index in [4.69, 9.17) is 9.47 Å². The molecule has 3 nitrogen and oxygen atoms in total. The molecular weight excluding hydrogens is 420 g/mol. The van der Waals surface area contributed by atoms with Crippen LogP contribution in [-0.2, 0) is 13.0 Å². The van der Waals surface area contributed by atoms with Crippen LogP contribution in [0.2, 0.25) is 0 Å². The molecule has 0 saturated heterocycles. The quantitative estimate of drug-likeness (QED) is 0.203. The van der Waals surface area contributed by atoms with Gasteiger partial charge in [0.2, 0.25) is 0 Å². The van der Waals surface area contributed by atoms with Crippen molar-refractivity contribution < 1.29 is 14.3 Å². The van der Waals surface area contributed by atoms with Gasteiger partial charge in [-0.3, -0.25) is 4.79 Å². The summed E-state index contributed by atoms with van der Waals surface area (Å²) in [6.07, 6.45) is 4.24. The van der Waals surface area contributed by atoms with Crippen LogP contribution >= 0.6 is 0 Å². The fraction of sp³-hybridized carbons (Fsp3) is 0.129. The lowest BCUT2D eigenvalue weighted by Gasteiger charge is -2.14. The molecule has 0 aliphatic carbocycles. The Balaban J connectivity index is 1.49. The molecule has 0 aliphatic rings. The highest BCUT2D eigenvalue weighted by Crippen LogP contribution is 2.26. The van der Waals surface area contributed by atoms with Gasteiger partial charge in [-0.25, -0.2) is 0 Å². The molecular formula is C31H28O3. The average molecular weight is 449 g/mol. The van der Waals surface area contributed by atoms with E-state index in [0.717, 1.165) is 40.2 Å². The van der Waals surface area contributed by atoms with Gasteiger partial charge in [0.05, 0.1) is 7.11 Å². The molecule has 0 fully saturated rings. The molecule has 0 heterocycles. The van der Waals surface area contributed by atoms with Gasteiger partial charge in [0.1, 0.15) is 18.1 Å². The molecule has 0 amide bonds. The van der Waals surface area contributed by atoms with Gasteiger partial charge >= 0.3 is 0 Å². The van der Waals surface area contributed by atoms with Gasteiger partial charge in [-0.15, -0.1) is 0 Å². The van der Waals surface area contributed by atoms with Gasteiger partial charge in [-0.05, 0) is 54.0 Å². The summed E-state index contributed by atoms with van der Waals surface area (Å²) >= 11 is 0. The Labute approximate surface area is 201 Å². The van der Waals surface area contributed by atoms with Crippen LogP contribution in [0.1, 0.15) is 38.2 Å². The highest BCUT2D eigenvalue weighted by atomic mass is 16.5. The van der Waals surface area contributed by atoms with Gasteiger partial charge in [-0.1, -0.05) is 84.4 Å². The molecule has 3 heteroatoms. The van der Waals surface area contributed by atoms with Crippen molar-refractivity contribution in [3.05, 3.63) is 137 Å². The van der Waals surface area contributed by atoms with E-state index in [0.29, 0.717) is 12.2 Å². The van der Waals surface area contributed by atoms with Crippen molar-refractivity contribution in [2.75, 3.05) is 7.11 Å². The second kappa shape index (κ2) is 11.2. The van der Waals surface area contributed by atoms with Crippen LogP contribution in [0.15, 0.2) is 103 Å². The maximum absolute atomic E-state index is 12.5. The minimum Gasteiger partial charge on any atom is -0.496 e. The number of hydrogen-bond donors (Lipinski definition) is 0. The molecule has 4 rings (SSSR count). The summed E-state index contributed by atoms with van der Waals surface area (Å²) in [6, 6.07) is 31.9. The Hall–Kier alpha value is -4.11. The van der Waals surface area contributed by atoms with Crippen LogP contribution in [0.25, 0.3) is 6.08 Å². The number of methoxy groups -OCH3 is 1. The third-order valence-corrected chi connectivity index (χ3v) is 5.63. The third kappa shape index (κ3) is 6.02. The number of ketones is 1. The zero-order valence-electron chi connectivity index (χ0n) is 19.5. The smallest absolute Gasteiger partial charge is 0.185 e. The number of aryl methyl sites for hydroxylation is 1. The van der Waals surface area contributed by atoms with Crippen LogP contribution in [0.5, 0.6) is 11.5 Å². The van der Waals surface area contributed by atoms with Crippen molar-refractivity contribution in [1.29, 1.82) is 0 Å². The van der Waals surface area contributed by atoms with Crippen LogP contribution < -0.4 is 9.47 Å². The summed E-state index contributed by atoms with van der Waals surface area (Å²) < 4.78 is 11.8. The minimum absolute atomic E-state index is 0.0212. The number of hydrogen-bond acceptors (Lipinski definition) is 3. The van der Waals surface area contributed by atoms with Gasteiger partial charge < -0.3 is 9.47 Å². The fourth-order valence-corrected chi connectivity index (χ4v) is 3.84. The Morgan fingerprint density at radius 1 is 0.794 bits per heavy atom. The summed E-state index contributed by atoms with van der Waals surface area (Å²) in [6.45, 7) is 2.34. The van der Waals surface area contributed by atoms with E-state index < -0.39 is 0 Å². The Morgan fingerprint density at radius 3 is 2.38 bits per heavy atom. The van der Waals surface area contributed by atoms with Crippen molar-refractivity contribution in [3.63, 3.8) is 0 Å². The molecule has 34 heavy (non-hydrogen) atoms. The molecule has 0 unspecified atom stereocenters. The lowest BCUT2D eigenvalue weighted by molar-refractivity contribution is 0.104. The Bertz CT molecular complexity index is 1290. The topological polar surface area (TPSA) is 35.5 Å². The highest BCUT2D eigenvalue weighted by Gasteiger charge is 2.09. The molecule has 4 aromatic carbocycles. The summed E-state index contributed by atoms with van der Waals surface area (Å²) in [5.74, 6) is 1.58. The first kappa shape index (κ1) is 23.1. The van der Waals surface area contributed by atoms with E-state index in [1.165, 1.54) is 5.56 Å². The van der Waals surface area contributed by atoms with Crippen molar-refractivity contribution >= 4 is 11.9 Å². The largest absolute Gasteiger partial charge is 0.496 e. The lowest BCUT2D eigenvalue weighted by atomic mass is 10.0. The van der Waals surface area contributed by atoms with E-state index in [9.17, 15) is 4.79 Å². The maximum atomic E-state index is 12.5. The van der Waals surface area contributed by atoms with Crippen LogP contribution in [0.4, 0.5) is 0 Å². The summed E-state index contributed by atoms with van der Waals surface area (Å²) in [5.41, 5.74) is 5.95. The van der Waals surface area contributed by atoms with Gasteiger partial charge in [0.25, 0.3) is 0 Å². The Kier molecular flexibility index (Phi) is 7.56. The van der Waals surface area contributed by atoms with E-state index in [1.807, 2.05) is 91.9 Å². The van der Waals surface area contributed by atoms with Crippen molar-refractivity contribution in [3.8, 4) is 11.5 Å². The summed E-state index contributed by atoms with van der Waals surface area (Å²) in [5, 5.41) is 0. The molecule has 170 valence electrons. The molecule has 4 aromatic rings. The monoisotopic (exact) mass is 448 g/mol. The lowest BCUT2D eigenvalue weighted by Crippen LogP contribution is -2.02. The normalized spacial score (nSPS) is 10.9. The van der Waals surface area contributed by atoms with Crippen molar-refractivity contribution in [2.24, 2.45) is 0 Å². The predicted octanol–water partition coefficient (Wildman–Crippen LogP) is 7.07. The standard InChI is InChI=1S/C31H28O3/c1-23-9-8-13-26(19-23)29(32)17-15-25-16-18-30(33-2)28(21-25)22-34-31-14-7-6-12-27(31)20-24-10-4-3-5-11-24/h3-19,21H,20,22H2,1-2H3/b17-15+. The highest BCUT2D eigenvalue weighted by molar-refractivity contribution is 6.06. The molecule has 0 saturated carbocycles. The summed E-state index contributed by atoms with van der Waals surface area (Å²) in [4.78, 5) is 12.5. The average Bonchev–Trinajstić information content (AvgIpc) is 2.87. The number of para-hydroxylation sites is 1. The fourth-order valence-electron chi connectivity index (χ4n) is 3.84. The molecule has 0 N–H and O–H groups in total. The third-order valence-electron chi connectivity index (χ3n) is 5.63. The van der Waals surface area contributed by atoms with Gasteiger partial charge in [-0.2, -0.15) is 0 Å². The molecule has 0 spiro atoms. The Morgan fingerprint density at radius 2 is 1.59 bits per heavy atom. The van der Waals surface area contributed by atoms with E-state index in [2.05, 4.69) is 18.2 Å². The molecule has 0 aromatic heterocycles. The molecule has 0 bridgehead atoms. The van der Waals surface area contributed by atoms with Gasteiger partial charge in [0.15, 0.2) is 5.78 Å². The summed E-state index contributed by atoms with van der Waals surface area (Å²) in [7, 11) is 1.65. The van der Waals surface area contributed by atoms with Crippen LogP contribution in [0.3, 0.4) is 0 Å². The zero-order chi connectivity index (χ0) is 23.8. The number of carbonyl (C=O) groups excluding carboxylic acids is 1. The van der Waals surface area contributed by atoms with E-state index in [-0.39, 0.29) is 5.78 Å². The number of ether oxygens (including phenoxy) is 2. The van der Waals surface area contributed by atoms with Crippen molar-refractivity contribution in [2.45, 2.75) is 20.0 Å². The van der Waals surface area contributed by atoms with Crippen LogP contribution in [0, 0.1) is 6.92 Å². The molecule has 0 radical (unpaired) electrons. The first-order chi connectivity index (χ1) is 16.6. The molecule has 0 aliphatic heterocycles. The zero-order valence-corrected chi connectivity index (χ0v) is 19.5. The number of benzene rings is 4. The van der Waals surface area contributed by atoms with Crippen LogP contribution in [-0.4, -0.2) is 12.9 Å². The second-order valence-corrected chi connectivity index (χ2v) is 8.20. The van der Waals surface area contributed by atoms with Gasteiger partial charge in [0, 0.05) is 17.5 Å². The first-order valence-corrected chi connectivity index (χ1v) is 11.3. The minimum atomic E-state index is -0.0212. The van der Waals surface area contributed by atoms with E-state index >= 15 is 0 Å². The number of allylic oxidation sites excluding steroid dienone is 1. The predicted molar refractivity (Wildman–Crippen MR) is 138 cm³/mol. The van der Waals surface area contributed by atoms with E-state index in [1.54, 1.807) is 13.2 Å². The maximum Gasteiger partial charge on any atom is 0.185 e. The first-order valence-electron chi connectivity index (χ1n) is 11.3. The SMILES string of the molecule is COc1ccc(/C=C/C(=O)c2cccc(C)c2)cc1COc1ccccc1Cc1ccccc1.